The lowest BCUT2D eigenvalue weighted by atomic mass is 10.1. The van der Waals surface area contributed by atoms with Crippen molar-refractivity contribution in [3.8, 4) is 0 Å². The Hall–Kier alpha value is -1.42. The summed E-state index contributed by atoms with van der Waals surface area (Å²) in [6, 6.07) is 3.79. The van der Waals surface area contributed by atoms with Crippen LogP contribution in [-0.4, -0.2) is 42.5 Å². The molecule has 1 unspecified atom stereocenters. The van der Waals surface area contributed by atoms with Crippen LogP contribution in [0.3, 0.4) is 0 Å². The molecule has 0 aromatic carbocycles. The van der Waals surface area contributed by atoms with Crippen molar-refractivity contribution in [2.24, 2.45) is 5.92 Å². The van der Waals surface area contributed by atoms with Gasteiger partial charge in [0.2, 0.25) is 0 Å². The summed E-state index contributed by atoms with van der Waals surface area (Å²) >= 11 is 0. The number of carbonyl (C=O) groups excluding carboxylic acids is 1. The lowest BCUT2D eigenvalue weighted by molar-refractivity contribution is 0.0780. The van der Waals surface area contributed by atoms with Gasteiger partial charge in [0.05, 0.1) is 0 Å². The van der Waals surface area contributed by atoms with E-state index in [1.54, 1.807) is 6.20 Å². The summed E-state index contributed by atoms with van der Waals surface area (Å²) < 4.78 is 0. The Bertz CT molecular complexity index is 405. The van der Waals surface area contributed by atoms with Gasteiger partial charge in [-0.1, -0.05) is 6.07 Å². The summed E-state index contributed by atoms with van der Waals surface area (Å²) in [7, 11) is 1.95. The van der Waals surface area contributed by atoms with Crippen LogP contribution in [0.4, 0.5) is 0 Å². The molecular weight excluding hydrogens is 214 g/mol. The molecule has 1 fully saturated rings. The molecule has 1 aromatic heterocycles. The Morgan fingerprint density at radius 3 is 3.18 bits per heavy atom. The number of amides is 1. The number of rotatable bonds is 3. The van der Waals surface area contributed by atoms with E-state index >= 15 is 0 Å². The third-order valence-corrected chi connectivity index (χ3v) is 3.28. The first-order valence-electron chi connectivity index (χ1n) is 6.08. The van der Waals surface area contributed by atoms with Crippen molar-refractivity contribution in [1.29, 1.82) is 0 Å². The Morgan fingerprint density at radius 2 is 2.47 bits per heavy atom. The van der Waals surface area contributed by atoms with Gasteiger partial charge in [-0.3, -0.25) is 9.78 Å². The van der Waals surface area contributed by atoms with Gasteiger partial charge in [-0.15, -0.1) is 0 Å². The number of hydrogen-bond acceptors (Lipinski definition) is 3. The fraction of sp³-hybridized carbons (Fsp3) is 0.538. The van der Waals surface area contributed by atoms with Gasteiger partial charge in [-0.05, 0) is 44.5 Å². The van der Waals surface area contributed by atoms with Crippen LogP contribution in [0.2, 0.25) is 0 Å². The highest BCUT2D eigenvalue weighted by Gasteiger charge is 2.27. The summed E-state index contributed by atoms with van der Waals surface area (Å²) in [6.45, 7) is 4.60. The third-order valence-electron chi connectivity index (χ3n) is 3.28. The van der Waals surface area contributed by atoms with Crippen molar-refractivity contribution in [3.05, 3.63) is 29.6 Å². The molecule has 4 heteroatoms. The number of pyridine rings is 1. The van der Waals surface area contributed by atoms with E-state index < -0.39 is 0 Å². The molecule has 1 amide bonds. The molecule has 1 atom stereocenters. The Morgan fingerprint density at radius 1 is 1.65 bits per heavy atom. The van der Waals surface area contributed by atoms with Crippen LogP contribution in [0.1, 0.15) is 22.5 Å². The van der Waals surface area contributed by atoms with E-state index in [1.807, 2.05) is 31.0 Å². The van der Waals surface area contributed by atoms with Gasteiger partial charge in [0.1, 0.15) is 5.69 Å². The Kier molecular flexibility index (Phi) is 3.74. The van der Waals surface area contributed by atoms with Gasteiger partial charge in [0.25, 0.3) is 5.91 Å². The summed E-state index contributed by atoms with van der Waals surface area (Å²) in [5.74, 6) is 0.648. The summed E-state index contributed by atoms with van der Waals surface area (Å²) in [4.78, 5) is 18.4. The van der Waals surface area contributed by atoms with E-state index in [1.165, 1.54) is 0 Å². The van der Waals surface area contributed by atoms with Crippen LogP contribution >= 0.6 is 0 Å². The zero-order valence-corrected chi connectivity index (χ0v) is 10.4. The van der Waals surface area contributed by atoms with Crippen molar-refractivity contribution in [3.63, 3.8) is 0 Å². The number of aromatic nitrogens is 1. The SMILES string of the molecule is CNCC1CCN(C(=O)c2ncccc2C)C1. The van der Waals surface area contributed by atoms with Crippen LogP contribution in [0.25, 0.3) is 0 Å². The molecule has 1 aliphatic heterocycles. The molecule has 4 nitrogen and oxygen atoms in total. The van der Waals surface area contributed by atoms with E-state index in [0.717, 1.165) is 31.6 Å². The van der Waals surface area contributed by atoms with Gasteiger partial charge in [0, 0.05) is 19.3 Å². The molecule has 1 saturated heterocycles. The predicted octanol–water partition coefficient (Wildman–Crippen LogP) is 1.07. The zero-order valence-electron chi connectivity index (χ0n) is 10.4. The number of likely N-dealkylation sites (tertiary alicyclic amines) is 1. The second-order valence-corrected chi connectivity index (χ2v) is 4.63. The monoisotopic (exact) mass is 233 g/mol. The summed E-state index contributed by atoms with van der Waals surface area (Å²) in [5, 5.41) is 3.17. The van der Waals surface area contributed by atoms with E-state index in [-0.39, 0.29) is 5.91 Å². The van der Waals surface area contributed by atoms with Crippen LogP contribution in [0, 0.1) is 12.8 Å². The van der Waals surface area contributed by atoms with E-state index in [9.17, 15) is 4.79 Å². The van der Waals surface area contributed by atoms with Crippen molar-refractivity contribution < 1.29 is 4.79 Å². The predicted molar refractivity (Wildman–Crippen MR) is 66.9 cm³/mol. The minimum Gasteiger partial charge on any atom is -0.337 e. The molecule has 0 saturated carbocycles. The molecule has 0 radical (unpaired) electrons. The van der Waals surface area contributed by atoms with E-state index in [0.29, 0.717) is 11.6 Å². The largest absolute Gasteiger partial charge is 0.337 e. The maximum absolute atomic E-state index is 12.3. The third kappa shape index (κ3) is 2.64. The molecule has 1 aromatic rings. The van der Waals surface area contributed by atoms with Crippen LogP contribution < -0.4 is 5.32 Å². The smallest absolute Gasteiger partial charge is 0.272 e. The fourth-order valence-electron chi connectivity index (χ4n) is 2.33. The fourth-order valence-corrected chi connectivity index (χ4v) is 2.33. The standard InChI is InChI=1S/C13H19N3O/c1-10-4-3-6-15-12(10)13(17)16-7-5-11(9-16)8-14-2/h3-4,6,11,14H,5,7-9H2,1-2H3. The number of carbonyl (C=O) groups is 1. The molecule has 17 heavy (non-hydrogen) atoms. The average Bonchev–Trinajstić information content (AvgIpc) is 2.78. The molecular formula is C13H19N3O. The maximum atomic E-state index is 12.3. The Labute approximate surface area is 102 Å². The van der Waals surface area contributed by atoms with Crippen molar-refractivity contribution in [1.82, 2.24) is 15.2 Å². The highest BCUT2D eigenvalue weighted by molar-refractivity contribution is 5.93. The minimum atomic E-state index is 0.0710. The topological polar surface area (TPSA) is 45.2 Å². The molecule has 92 valence electrons. The quantitative estimate of drug-likeness (QED) is 0.849. The van der Waals surface area contributed by atoms with Gasteiger partial charge < -0.3 is 10.2 Å². The molecule has 1 aliphatic rings. The van der Waals surface area contributed by atoms with Crippen molar-refractivity contribution >= 4 is 5.91 Å². The zero-order chi connectivity index (χ0) is 12.3. The highest BCUT2D eigenvalue weighted by atomic mass is 16.2. The van der Waals surface area contributed by atoms with Crippen molar-refractivity contribution in [2.45, 2.75) is 13.3 Å². The maximum Gasteiger partial charge on any atom is 0.272 e. The number of nitrogens with zero attached hydrogens (tertiary/aromatic N) is 2. The lowest BCUT2D eigenvalue weighted by Crippen LogP contribution is -2.31. The van der Waals surface area contributed by atoms with Crippen molar-refractivity contribution in [2.75, 3.05) is 26.7 Å². The van der Waals surface area contributed by atoms with Crippen LogP contribution in [-0.2, 0) is 0 Å². The van der Waals surface area contributed by atoms with Gasteiger partial charge in [0.15, 0.2) is 0 Å². The minimum absolute atomic E-state index is 0.0710. The first-order chi connectivity index (χ1) is 8.22. The summed E-state index contributed by atoms with van der Waals surface area (Å²) in [5.41, 5.74) is 1.55. The molecule has 2 heterocycles. The molecule has 0 aliphatic carbocycles. The molecule has 0 bridgehead atoms. The first kappa shape index (κ1) is 12.0. The number of hydrogen-bond donors (Lipinski definition) is 1. The number of aryl methyl sites for hydroxylation is 1. The first-order valence-corrected chi connectivity index (χ1v) is 6.08. The van der Waals surface area contributed by atoms with E-state index in [4.69, 9.17) is 0 Å². The summed E-state index contributed by atoms with van der Waals surface area (Å²) in [6.07, 6.45) is 2.76. The van der Waals surface area contributed by atoms with Gasteiger partial charge in [-0.2, -0.15) is 0 Å². The normalized spacial score (nSPS) is 19.6. The molecule has 2 rings (SSSR count). The average molecular weight is 233 g/mol. The van der Waals surface area contributed by atoms with Gasteiger partial charge in [-0.25, -0.2) is 0 Å². The molecule has 0 spiro atoms. The second kappa shape index (κ2) is 5.27. The van der Waals surface area contributed by atoms with Crippen LogP contribution in [0.5, 0.6) is 0 Å². The van der Waals surface area contributed by atoms with Crippen LogP contribution in [0.15, 0.2) is 18.3 Å². The highest BCUT2D eigenvalue weighted by Crippen LogP contribution is 2.18. The molecule has 1 N–H and O–H groups in total. The lowest BCUT2D eigenvalue weighted by Gasteiger charge is -2.17. The van der Waals surface area contributed by atoms with E-state index in [2.05, 4.69) is 10.3 Å². The van der Waals surface area contributed by atoms with Gasteiger partial charge >= 0.3 is 0 Å². The Balaban J connectivity index is 2.05. The number of nitrogens with one attached hydrogen (secondary N) is 1. The second-order valence-electron chi connectivity index (χ2n) is 4.63.